The first-order valence-corrected chi connectivity index (χ1v) is 8.28. The molecule has 8 heteroatoms. The highest BCUT2D eigenvalue weighted by Crippen LogP contribution is 2.21. The van der Waals surface area contributed by atoms with Crippen molar-refractivity contribution in [3.63, 3.8) is 0 Å². The highest BCUT2D eigenvalue weighted by molar-refractivity contribution is 7.89. The van der Waals surface area contributed by atoms with Crippen molar-refractivity contribution >= 4 is 10.0 Å². The van der Waals surface area contributed by atoms with E-state index in [0.717, 1.165) is 0 Å². The number of aromatic amines is 1. The summed E-state index contributed by atoms with van der Waals surface area (Å²) >= 11 is 0. The molecule has 20 heavy (non-hydrogen) atoms. The first-order valence-electron chi connectivity index (χ1n) is 6.84. The first kappa shape index (κ1) is 15.4. The number of imidazole rings is 1. The van der Waals surface area contributed by atoms with Gasteiger partial charge in [0, 0.05) is 19.5 Å². The molecule has 0 aliphatic carbocycles. The number of H-pyrrole nitrogens is 1. The molecule has 2 N–H and O–H groups in total. The normalized spacial score (nSPS) is 18.5. The summed E-state index contributed by atoms with van der Waals surface area (Å²) in [6.07, 6.45) is 3.37. The van der Waals surface area contributed by atoms with Crippen LogP contribution in [0.1, 0.15) is 25.6 Å². The van der Waals surface area contributed by atoms with Crippen molar-refractivity contribution in [2.45, 2.75) is 37.3 Å². The van der Waals surface area contributed by atoms with Crippen LogP contribution in [0.2, 0.25) is 0 Å². The molecule has 0 radical (unpaired) electrons. The first-order chi connectivity index (χ1) is 9.57. The predicted molar refractivity (Wildman–Crippen MR) is 72.8 cm³/mol. The molecular weight excluding hydrogens is 282 g/mol. The van der Waals surface area contributed by atoms with Gasteiger partial charge >= 0.3 is 0 Å². The zero-order valence-electron chi connectivity index (χ0n) is 11.6. The number of piperidine rings is 1. The lowest BCUT2D eigenvalue weighted by atomic mass is 10.1. The summed E-state index contributed by atoms with van der Waals surface area (Å²) in [6, 6.07) is 0. The maximum atomic E-state index is 12.4. The Hall–Kier alpha value is -0.960. The number of aliphatic hydroxyl groups is 1. The summed E-state index contributed by atoms with van der Waals surface area (Å²) in [5.41, 5.74) is 0. The Labute approximate surface area is 119 Å². The summed E-state index contributed by atoms with van der Waals surface area (Å²) in [5, 5.41) is 8.87. The Bertz CT molecular complexity index is 521. The Balaban J connectivity index is 1.98. The van der Waals surface area contributed by atoms with Crippen molar-refractivity contribution in [1.29, 1.82) is 0 Å². The predicted octanol–water partition coefficient (Wildman–Crippen LogP) is 0.134. The lowest BCUT2D eigenvalue weighted by Gasteiger charge is -2.30. The molecule has 1 aromatic heterocycles. The Kier molecular flexibility index (Phi) is 5.14. The number of nitrogens with zero attached hydrogens (tertiary/aromatic N) is 2. The average Bonchev–Trinajstić information content (AvgIpc) is 2.95. The molecule has 0 spiro atoms. The summed E-state index contributed by atoms with van der Waals surface area (Å²) < 4.78 is 31.7. The van der Waals surface area contributed by atoms with Crippen molar-refractivity contribution in [2.24, 2.45) is 0 Å². The van der Waals surface area contributed by atoms with Gasteiger partial charge in [-0.2, -0.15) is 4.31 Å². The Morgan fingerprint density at radius 2 is 2.20 bits per heavy atom. The Morgan fingerprint density at radius 3 is 2.75 bits per heavy atom. The van der Waals surface area contributed by atoms with Gasteiger partial charge < -0.3 is 14.8 Å². The van der Waals surface area contributed by atoms with Gasteiger partial charge in [0.25, 0.3) is 10.0 Å². The number of ether oxygens (including phenoxy) is 1. The van der Waals surface area contributed by atoms with E-state index in [1.807, 2.05) is 6.92 Å². The second kappa shape index (κ2) is 6.66. The second-order valence-electron chi connectivity index (χ2n) is 4.75. The highest BCUT2D eigenvalue weighted by atomic mass is 32.2. The van der Waals surface area contributed by atoms with Crippen LogP contribution in [-0.4, -0.2) is 60.2 Å². The number of rotatable bonds is 6. The molecule has 1 aliphatic rings. The molecule has 0 amide bonds. The van der Waals surface area contributed by atoms with Crippen LogP contribution in [-0.2, 0) is 21.2 Å². The molecular formula is C12H21N3O4S. The van der Waals surface area contributed by atoms with Crippen LogP contribution in [0.25, 0.3) is 0 Å². The fraction of sp³-hybridized carbons (Fsp3) is 0.750. The van der Waals surface area contributed by atoms with Crippen molar-refractivity contribution in [3.8, 4) is 0 Å². The van der Waals surface area contributed by atoms with Gasteiger partial charge in [-0.1, -0.05) is 6.92 Å². The summed E-state index contributed by atoms with van der Waals surface area (Å²) in [6.45, 7) is 3.07. The van der Waals surface area contributed by atoms with Gasteiger partial charge in [0.2, 0.25) is 0 Å². The number of sulfonamides is 1. The molecule has 7 nitrogen and oxygen atoms in total. The average molecular weight is 303 g/mol. The fourth-order valence-corrected chi connectivity index (χ4v) is 3.65. The molecule has 2 heterocycles. The summed E-state index contributed by atoms with van der Waals surface area (Å²) in [4.78, 5) is 6.88. The van der Waals surface area contributed by atoms with Crippen molar-refractivity contribution in [2.75, 3.05) is 26.3 Å². The zero-order valence-corrected chi connectivity index (χ0v) is 12.4. The van der Waals surface area contributed by atoms with Gasteiger partial charge in [-0.15, -0.1) is 0 Å². The van der Waals surface area contributed by atoms with Crippen LogP contribution < -0.4 is 0 Å². The number of aryl methyl sites for hydroxylation is 1. The molecule has 114 valence electrons. The van der Waals surface area contributed by atoms with Crippen LogP contribution in [0.5, 0.6) is 0 Å². The number of hydrogen-bond acceptors (Lipinski definition) is 5. The number of nitrogens with one attached hydrogen (secondary N) is 1. The third kappa shape index (κ3) is 3.38. The molecule has 0 bridgehead atoms. The zero-order chi connectivity index (χ0) is 14.6. The molecule has 1 fully saturated rings. The van der Waals surface area contributed by atoms with E-state index >= 15 is 0 Å². The quantitative estimate of drug-likeness (QED) is 0.779. The van der Waals surface area contributed by atoms with Crippen LogP contribution in [0.4, 0.5) is 0 Å². The van der Waals surface area contributed by atoms with E-state index in [9.17, 15) is 8.42 Å². The number of aliphatic hydroxyl groups excluding tert-OH is 1. The van der Waals surface area contributed by atoms with Gasteiger partial charge in [-0.3, -0.25) is 0 Å². The van der Waals surface area contributed by atoms with E-state index in [1.165, 1.54) is 10.5 Å². The molecule has 1 aliphatic heterocycles. The maximum Gasteiger partial charge on any atom is 0.260 e. The van der Waals surface area contributed by atoms with E-state index in [0.29, 0.717) is 44.8 Å². The van der Waals surface area contributed by atoms with Crippen molar-refractivity contribution < 1.29 is 18.3 Å². The molecule has 2 rings (SSSR count). The molecule has 1 saturated heterocycles. The molecule has 0 unspecified atom stereocenters. The molecule has 1 aromatic rings. The van der Waals surface area contributed by atoms with Crippen LogP contribution in [0.15, 0.2) is 11.2 Å². The van der Waals surface area contributed by atoms with Crippen molar-refractivity contribution in [1.82, 2.24) is 14.3 Å². The van der Waals surface area contributed by atoms with Gasteiger partial charge in [0.05, 0.1) is 25.5 Å². The fourth-order valence-electron chi connectivity index (χ4n) is 2.25. The van der Waals surface area contributed by atoms with E-state index in [2.05, 4.69) is 9.97 Å². The van der Waals surface area contributed by atoms with E-state index < -0.39 is 10.0 Å². The largest absolute Gasteiger partial charge is 0.394 e. The minimum atomic E-state index is -3.48. The summed E-state index contributed by atoms with van der Waals surface area (Å²) in [7, 11) is -3.48. The summed E-state index contributed by atoms with van der Waals surface area (Å²) in [5.74, 6) is 0.671. The van der Waals surface area contributed by atoms with E-state index in [4.69, 9.17) is 9.84 Å². The third-order valence-corrected chi connectivity index (χ3v) is 5.21. The molecule has 0 atom stereocenters. The lowest BCUT2D eigenvalue weighted by molar-refractivity contribution is 0.00316. The smallest absolute Gasteiger partial charge is 0.260 e. The minimum absolute atomic E-state index is 0.00749. The van der Waals surface area contributed by atoms with Crippen LogP contribution >= 0.6 is 0 Å². The maximum absolute atomic E-state index is 12.4. The highest BCUT2D eigenvalue weighted by Gasteiger charge is 2.30. The van der Waals surface area contributed by atoms with Gasteiger partial charge in [0.15, 0.2) is 5.03 Å². The SMILES string of the molecule is CCc1ncc(S(=O)(=O)N2CCC(OCCO)CC2)[nH]1. The van der Waals surface area contributed by atoms with Crippen LogP contribution in [0.3, 0.4) is 0 Å². The second-order valence-corrected chi connectivity index (χ2v) is 6.65. The Morgan fingerprint density at radius 1 is 1.50 bits per heavy atom. The minimum Gasteiger partial charge on any atom is -0.394 e. The monoisotopic (exact) mass is 303 g/mol. The van der Waals surface area contributed by atoms with E-state index in [-0.39, 0.29) is 17.7 Å². The topological polar surface area (TPSA) is 95.5 Å². The number of aromatic nitrogens is 2. The lowest BCUT2D eigenvalue weighted by Crippen LogP contribution is -2.41. The molecule has 0 aromatic carbocycles. The van der Waals surface area contributed by atoms with Gasteiger partial charge in [0.1, 0.15) is 5.82 Å². The van der Waals surface area contributed by atoms with E-state index in [1.54, 1.807) is 0 Å². The third-order valence-electron chi connectivity index (χ3n) is 3.40. The number of hydrogen-bond donors (Lipinski definition) is 2. The van der Waals surface area contributed by atoms with Gasteiger partial charge in [-0.05, 0) is 12.8 Å². The van der Waals surface area contributed by atoms with Crippen LogP contribution in [0, 0.1) is 0 Å². The van der Waals surface area contributed by atoms with Crippen molar-refractivity contribution in [3.05, 3.63) is 12.0 Å². The standard InChI is InChI=1S/C12H21N3O4S/c1-2-11-13-9-12(14-11)20(17,18)15-5-3-10(4-6-15)19-8-7-16/h9-10,16H,2-8H2,1H3,(H,13,14). The molecule has 0 saturated carbocycles. The van der Waals surface area contributed by atoms with Gasteiger partial charge in [-0.25, -0.2) is 13.4 Å².